The molecule has 1 amide bonds. The highest BCUT2D eigenvalue weighted by Gasteiger charge is 2.27. The lowest BCUT2D eigenvalue weighted by molar-refractivity contribution is 0.0713. The van der Waals surface area contributed by atoms with Gasteiger partial charge in [-0.1, -0.05) is 0 Å². The molecule has 0 unspecified atom stereocenters. The van der Waals surface area contributed by atoms with Gasteiger partial charge in [0.25, 0.3) is 5.91 Å². The summed E-state index contributed by atoms with van der Waals surface area (Å²) in [7, 11) is -0.333. The Kier molecular flexibility index (Phi) is 6.50. The van der Waals surface area contributed by atoms with Crippen molar-refractivity contribution < 1.29 is 17.9 Å². The average Bonchev–Trinajstić information content (AvgIpc) is 3.26. The summed E-state index contributed by atoms with van der Waals surface area (Å²) in [4.78, 5) is 18.4. The van der Waals surface area contributed by atoms with Crippen LogP contribution in [0.4, 0.5) is 0 Å². The second kappa shape index (κ2) is 9.19. The molecule has 2 aromatic carbocycles. The van der Waals surface area contributed by atoms with Gasteiger partial charge in [0.2, 0.25) is 10.0 Å². The van der Waals surface area contributed by atoms with Crippen LogP contribution in [-0.4, -0.2) is 61.8 Å². The molecule has 4 rings (SSSR count). The Balaban J connectivity index is 1.44. The van der Waals surface area contributed by atoms with E-state index in [0.29, 0.717) is 24.6 Å². The molecule has 2 heterocycles. The smallest absolute Gasteiger partial charge is 0.253 e. The zero-order chi connectivity index (χ0) is 23.8. The van der Waals surface area contributed by atoms with Gasteiger partial charge in [-0.25, -0.2) is 8.42 Å². The van der Waals surface area contributed by atoms with E-state index >= 15 is 0 Å². The average molecular weight is 470 g/mol. The van der Waals surface area contributed by atoms with E-state index in [9.17, 15) is 13.2 Å². The van der Waals surface area contributed by atoms with Crippen LogP contribution >= 0.6 is 0 Å². The van der Waals surface area contributed by atoms with Crippen molar-refractivity contribution in [3.05, 3.63) is 59.8 Å². The first-order valence-electron chi connectivity index (χ1n) is 11.2. The molecule has 33 heavy (non-hydrogen) atoms. The number of methoxy groups -OCH3 is 1. The van der Waals surface area contributed by atoms with Gasteiger partial charge in [-0.15, -0.1) is 0 Å². The second-order valence-corrected chi connectivity index (χ2v) is 10.9. The van der Waals surface area contributed by atoms with Gasteiger partial charge in [-0.3, -0.25) is 4.79 Å². The van der Waals surface area contributed by atoms with Gasteiger partial charge in [-0.05, 0) is 80.6 Å². The first-order valence-corrected chi connectivity index (χ1v) is 12.7. The maximum Gasteiger partial charge on any atom is 0.253 e. The van der Waals surface area contributed by atoms with E-state index < -0.39 is 10.0 Å². The Morgan fingerprint density at radius 1 is 1.12 bits per heavy atom. The number of hydrogen-bond donors (Lipinski definition) is 1. The molecule has 7 nitrogen and oxygen atoms in total. The number of aromatic nitrogens is 1. The number of rotatable bonds is 6. The summed E-state index contributed by atoms with van der Waals surface area (Å²) in [5.41, 5.74) is 2.86. The van der Waals surface area contributed by atoms with Crippen molar-refractivity contribution >= 4 is 26.8 Å². The molecular weight excluding hydrogens is 438 g/mol. The SMILES string of the molecule is COc1ccc2[nH]cc(C3CCN(C(=O)c4ccc(S(=O)(=O)N(C)C(C)C)cc4)CC3)c2c1. The summed E-state index contributed by atoms with van der Waals surface area (Å²) < 4.78 is 32.0. The van der Waals surface area contributed by atoms with Gasteiger partial charge in [0.05, 0.1) is 12.0 Å². The third-order valence-corrected chi connectivity index (χ3v) is 8.70. The van der Waals surface area contributed by atoms with E-state index in [1.807, 2.05) is 30.9 Å². The number of carbonyl (C=O) groups excluding carboxylic acids is 1. The number of ether oxygens (including phenoxy) is 1. The lowest BCUT2D eigenvalue weighted by Crippen LogP contribution is -2.38. The number of nitrogens with zero attached hydrogens (tertiary/aromatic N) is 2. The van der Waals surface area contributed by atoms with Crippen LogP contribution in [0.1, 0.15) is 48.5 Å². The number of piperidine rings is 1. The number of likely N-dealkylation sites (tertiary alicyclic amines) is 1. The van der Waals surface area contributed by atoms with Crippen LogP contribution < -0.4 is 4.74 Å². The minimum atomic E-state index is -3.56. The molecule has 3 aromatic rings. The normalized spacial score (nSPS) is 15.5. The number of fused-ring (bicyclic) bond motifs is 1. The standard InChI is InChI=1S/C25H31N3O4S/c1-17(2)27(3)33(30,31)21-8-5-19(6-9-21)25(29)28-13-11-18(12-14-28)23-16-26-24-10-7-20(32-4)15-22(23)24/h5-10,15-18,26H,11-14H2,1-4H3. The van der Waals surface area contributed by atoms with E-state index in [1.54, 1.807) is 26.3 Å². The molecule has 1 aliphatic heterocycles. The van der Waals surface area contributed by atoms with Crippen molar-refractivity contribution in [2.75, 3.05) is 27.2 Å². The molecule has 0 radical (unpaired) electrons. The highest BCUT2D eigenvalue weighted by atomic mass is 32.2. The van der Waals surface area contributed by atoms with Crippen molar-refractivity contribution in [3.63, 3.8) is 0 Å². The molecule has 8 heteroatoms. The predicted molar refractivity (Wildman–Crippen MR) is 129 cm³/mol. The van der Waals surface area contributed by atoms with Crippen molar-refractivity contribution in [1.29, 1.82) is 0 Å². The quantitative estimate of drug-likeness (QED) is 0.586. The van der Waals surface area contributed by atoms with Gasteiger partial charge in [0.1, 0.15) is 5.75 Å². The topological polar surface area (TPSA) is 82.7 Å². The summed E-state index contributed by atoms with van der Waals surface area (Å²) in [6.07, 6.45) is 3.82. The second-order valence-electron chi connectivity index (χ2n) is 8.86. The van der Waals surface area contributed by atoms with Crippen molar-refractivity contribution in [1.82, 2.24) is 14.2 Å². The van der Waals surface area contributed by atoms with E-state index in [4.69, 9.17) is 4.74 Å². The molecule has 0 atom stereocenters. The molecule has 1 saturated heterocycles. The molecule has 1 fully saturated rings. The van der Waals surface area contributed by atoms with Gasteiger partial charge >= 0.3 is 0 Å². The van der Waals surface area contributed by atoms with Gasteiger partial charge in [0, 0.05) is 48.8 Å². The molecule has 0 bridgehead atoms. The number of H-pyrrole nitrogens is 1. The zero-order valence-electron chi connectivity index (χ0n) is 19.5. The zero-order valence-corrected chi connectivity index (χ0v) is 20.4. The molecular formula is C25H31N3O4S. The lowest BCUT2D eigenvalue weighted by atomic mass is 9.89. The Morgan fingerprint density at radius 3 is 2.39 bits per heavy atom. The minimum Gasteiger partial charge on any atom is -0.497 e. The molecule has 0 spiro atoms. The Bertz CT molecular complexity index is 1240. The molecule has 0 aliphatic carbocycles. The Hall–Kier alpha value is -2.84. The van der Waals surface area contributed by atoms with Crippen LogP contribution in [0, 0.1) is 0 Å². The summed E-state index contributed by atoms with van der Waals surface area (Å²) >= 11 is 0. The monoisotopic (exact) mass is 469 g/mol. The van der Waals surface area contributed by atoms with Crippen LogP contribution in [0.2, 0.25) is 0 Å². The summed E-state index contributed by atoms with van der Waals surface area (Å²) in [5.74, 6) is 1.14. The van der Waals surface area contributed by atoms with Crippen LogP contribution in [0.3, 0.4) is 0 Å². The maximum absolute atomic E-state index is 13.0. The molecule has 1 aliphatic rings. The first kappa shape index (κ1) is 23.3. The van der Waals surface area contributed by atoms with Crippen molar-refractivity contribution in [3.8, 4) is 5.75 Å². The molecule has 0 saturated carbocycles. The first-order chi connectivity index (χ1) is 15.7. The third-order valence-electron chi connectivity index (χ3n) is 6.65. The van der Waals surface area contributed by atoms with Crippen molar-refractivity contribution in [2.24, 2.45) is 0 Å². The van der Waals surface area contributed by atoms with Gasteiger partial charge in [0.15, 0.2) is 0 Å². The van der Waals surface area contributed by atoms with E-state index in [2.05, 4.69) is 17.2 Å². The predicted octanol–water partition coefficient (Wildman–Crippen LogP) is 4.23. The summed E-state index contributed by atoms with van der Waals surface area (Å²) in [6, 6.07) is 12.2. The fraction of sp³-hybridized carbons (Fsp3) is 0.400. The Labute approximate surface area is 195 Å². The van der Waals surface area contributed by atoms with Crippen LogP contribution in [0.5, 0.6) is 5.75 Å². The molecule has 1 aromatic heterocycles. The van der Waals surface area contributed by atoms with Crippen LogP contribution in [-0.2, 0) is 10.0 Å². The molecule has 176 valence electrons. The number of aromatic amines is 1. The number of amides is 1. The van der Waals surface area contributed by atoms with Gasteiger partial charge in [-0.2, -0.15) is 4.31 Å². The lowest BCUT2D eigenvalue weighted by Gasteiger charge is -2.32. The summed E-state index contributed by atoms with van der Waals surface area (Å²) in [6.45, 7) is 4.98. The highest BCUT2D eigenvalue weighted by molar-refractivity contribution is 7.89. The van der Waals surface area contributed by atoms with Crippen molar-refractivity contribution in [2.45, 2.75) is 43.5 Å². The van der Waals surface area contributed by atoms with Gasteiger partial charge < -0.3 is 14.6 Å². The highest BCUT2D eigenvalue weighted by Crippen LogP contribution is 2.35. The maximum atomic E-state index is 13.0. The van der Waals surface area contributed by atoms with Crippen LogP contribution in [0.25, 0.3) is 10.9 Å². The largest absolute Gasteiger partial charge is 0.497 e. The summed E-state index contributed by atoms with van der Waals surface area (Å²) in [5, 5.41) is 1.17. The minimum absolute atomic E-state index is 0.0600. The fourth-order valence-electron chi connectivity index (χ4n) is 4.38. The third kappa shape index (κ3) is 4.50. The number of benzene rings is 2. The van der Waals surface area contributed by atoms with E-state index in [0.717, 1.165) is 24.1 Å². The number of carbonyl (C=O) groups is 1. The van der Waals surface area contributed by atoms with E-state index in [1.165, 1.54) is 27.4 Å². The number of hydrogen-bond acceptors (Lipinski definition) is 4. The van der Waals surface area contributed by atoms with E-state index in [-0.39, 0.29) is 16.8 Å². The number of sulfonamides is 1. The number of nitrogens with one attached hydrogen (secondary N) is 1. The Morgan fingerprint density at radius 2 is 1.79 bits per heavy atom. The van der Waals surface area contributed by atoms with Crippen LogP contribution in [0.15, 0.2) is 53.6 Å². The fourth-order valence-corrected chi connectivity index (χ4v) is 5.74. The molecule has 1 N–H and O–H groups in total.